The van der Waals surface area contributed by atoms with Crippen LogP contribution in [0.2, 0.25) is 0 Å². The van der Waals surface area contributed by atoms with Crippen LogP contribution in [-0.2, 0) is 24.2 Å². The lowest BCUT2D eigenvalue weighted by Gasteiger charge is -2.12. The second kappa shape index (κ2) is 7.38. The van der Waals surface area contributed by atoms with Gasteiger partial charge in [-0.15, -0.1) is 0 Å². The monoisotopic (exact) mass is 382 g/mol. The fourth-order valence-electron chi connectivity index (χ4n) is 3.65. The Labute approximate surface area is 161 Å². The third-order valence-electron chi connectivity index (χ3n) is 5.01. The van der Waals surface area contributed by atoms with E-state index in [-0.39, 0.29) is 18.0 Å². The molecule has 4 rings (SSSR count). The Morgan fingerprint density at radius 1 is 1.14 bits per heavy atom. The van der Waals surface area contributed by atoms with E-state index in [1.54, 1.807) is 42.2 Å². The van der Waals surface area contributed by atoms with Gasteiger partial charge in [-0.3, -0.25) is 9.59 Å². The van der Waals surface area contributed by atoms with Crippen molar-refractivity contribution in [3.63, 3.8) is 0 Å². The summed E-state index contributed by atoms with van der Waals surface area (Å²) in [6, 6.07) is 5.11. The molecule has 1 N–H and O–H groups in total. The van der Waals surface area contributed by atoms with Crippen molar-refractivity contribution in [1.82, 2.24) is 14.2 Å². The maximum absolute atomic E-state index is 12.9. The molecular weight excluding hydrogens is 360 g/mol. The molecule has 2 aromatic heterocycles. The molecule has 0 saturated heterocycles. The van der Waals surface area contributed by atoms with Crippen LogP contribution in [0.1, 0.15) is 24.1 Å². The van der Waals surface area contributed by atoms with Crippen LogP contribution in [0.15, 0.2) is 35.4 Å². The number of aryl methyl sites for hydroxylation is 2. The highest BCUT2D eigenvalue weighted by Gasteiger charge is 2.20. The van der Waals surface area contributed by atoms with Crippen molar-refractivity contribution in [3.05, 3.63) is 52.2 Å². The van der Waals surface area contributed by atoms with Gasteiger partial charge in [-0.1, -0.05) is 0 Å². The highest BCUT2D eigenvalue weighted by Crippen LogP contribution is 2.29. The second-order valence-corrected chi connectivity index (χ2v) is 6.77. The zero-order valence-corrected chi connectivity index (χ0v) is 15.9. The number of fused-ring (bicyclic) bond motifs is 3. The molecule has 1 aliphatic carbocycles. The average Bonchev–Trinajstić information content (AvgIpc) is 3.09. The molecule has 1 aliphatic rings. The zero-order valence-electron chi connectivity index (χ0n) is 15.9. The predicted molar refractivity (Wildman–Crippen MR) is 104 cm³/mol. The summed E-state index contributed by atoms with van der Waals surface area (Å²) < 4.78 is 13.5. The quantitative estimate of drug-likeness (QED) is 0.730. The molecule has 0 spiro atoms. The van der Waals surface area contributed by atoms with E-state index in [1.165, 1.54) is 11.7 Å². The number of ether oxygens (including phenoxy) is 2. The minimum atomic E-state index is -0.299. The van der Waals surface area contributed by atoms with Crippen LogP contribution < -0.4 is 20.3 Å². The van der Waals surface area contributed by atoms with E-state index in [0.717, 1.165) is 36.9 Å². The van der Waals surface area contributed by atoms with E-state index in [4.69, 9.17) is 9.47 Å². The molecule has 0 radical (unpaired) electrons. The highest BCUT2D eigenvalue weighted by atomic mass is 16.5. The van der Waals surface area contributed by atoms with Gasteiger partial charge in [0.05, 0.1) is 19.9 Å². The lowest BCUT2D eigenvalue weighted by atomic mass is 9.97. The third kappa shape index (κ3) is 3.21. The topological polar surface area (TPSA) is 86.9 Å². The Morgan fingerprint density at radius 2 is 1.93 bits per heavy atom. The maximum atomic E-state index is 12.9. The van der Waals surface area contributed by atoms with Gasteiger partial charge in [0, 0.05) is 29.7 Å². The average molecular weight is 382 g/mol. The summed E-state index contributed by atoms with van der Waals surface area (Å²) in [5.74, 6) is 0.796. The smallest absolute Gasteiger partial charge is 0.277 e. The van der Waals surface area contributed by atoms with Crippen LogP contribution in [-0.4, -0.2) is 34.3 Å². The largest absolute Gasteiger partial charge is 0.493 e. The number of benzene rings is 1. The summed E-state index contributed by atoms with van der Waals surface area (Å²) in [6.07, 6.45) is 7.24. The Balaban J connectivity index is 1.57. The number of anilines is 1. The van der Waals surface area contributed by atoms with E-state index in [2.05, 4.69) is 10.4 Å². The van der Waals surface area contributed by atoms with Gasteiger partial charge in [0.25, 0.3) is 5.56 Å². The maximum Gasteiger partial charge on any atom is 0.277 e. The van der Waals surface area contributed by atoms with Crippen LogP contribution in [0.5, 0.6) is 11.5 Å². The summed E-state index contributed by atoms with van der Waals surface area (Å²) >= 11 is 0. The molecular formula is C20H22N4O4. The van der Waals surface area contributed by atoms with Gasteiger partial charge < -0.3 is 19.4 Å². The number of amides is 1. The number of hydrogen-bond acceptors (Lipinski definition) is 5. The van der Waals surface area contributed by atoms with Gasteiger partial charge in [0.1, 0.15) is 12.1 Å². The predicted octanol–water partition coefficient (Wildman–Crippen LogP) is 2.03. The van der Waals surface area contributed by atoms with Crippen molar-refractivity contribution < 1.29 is 14.3 Å². The summed E-state index contributed by atoms with van der Waals surface area (Å²) in [5.41, 5.74) is 2.97. The number of methoxy groups -OCH3 is 2. The first kappa shape index (κ1) is 18.1. The van der Waals surface area contributed by atoms with Crippen LogP contribution in [0.25, 0.3) is 5.52 Å². The molecule has 1 aromatic carbocycles. The number of hydrogen-bond donors (Lipinski definition) is 1. The van der Waals surface area contributed by atoms with Crippen molar-refractivity contribution in [2.75, 3.05) is 19.5 Å². The van der Waals surface area contributed by atoms with Crippen molar-refractivity contribution in [1.29, 1.82) is 0 Å². The van der Waals surface area contributed by atoms with Crippen LogP contribution in [0.4, 0.5) is 5.69 Å². The van der Waals surface area contributed by atoms with Crippen molar-refractivity contribution in [2.45, 2.75) is 32.2 Å². The molecule has 0 fully saturated rings. The van der Waals surface area contributed by atoms with E-state index in [9.17, 15) is 9.59 Å². The molecule has 28 heavy (non-hydrogen) atoms. The fourth-order valence-corrected chi connectivity index (χ4v) is 3.65. The lowest BCUT2D eigenvalue weighted by molar-refractivity contribution is -0.116. The summed E-state index contributed by atoms with van der Waals surface area (Å²) in [5, 5.41) is 7.31. The number of nitrogens with one attached hydrogen (secondary N) is 1. The molecule has 0 aliphatic heterocycles. The minimum absolute atomic E-state index is 0.0797. The first-order valence-electron chi connectivity index (χ1n) is 9.22. The normalized spacial score (nSPS) is 13.2. The molecule has 8 nitrogen and oxygen atoms in total. The van der Waals surface area contributed by atoms with Crippen LogP contribution in [0, 0.1) is 0 Å². The van der Waals surface area contributed by atoms with E-state index in [1.807, 2.05) is 0 Å². The highest BCUT2D eigenvalue weighted by molar-refractivity contribution is 5.91. The summed E-state index contributed by atoms with van der Waals surface area (Å²) in [6.45, 7) is -0.0797. The van der Waals surface area contributed by atoms with Crippen molar-refractivity contribution in [2.24, 2.45) is 0 Å². The summed E-state index contributed by atoms with van der Waals surface area (Å²) in [4.78, 5) is 25.4. The van der Waals surface area contributed by atoms with Gasteiger partial charge in [0.2, 0.25) is 5.91 Å². The van der Waals surface area contributed by atoms with E-state index >= 15 is 0 Å². The number of nitrogens with zero attached hydrogens (tertiary/aromatic N) is 3. The first-order valence-corrected chi connectivity index (χ1v) is 9.22. The molecule has 1 amide bonds. The molecule has 0 atom stereocenters. The standard InChI is InChI=1S/C20H22N4O4/c1-27-16-8-7-13(11-17(16)28-2)21-18(25)12-23-9-10-24-19(20(23)26)14-5-3-4-6-15(14)22-24/h7-11H,3-6,12H2,1-2H3,(H,21,25). The molecule has 2 heterocycles. The zero-order chi connectivity index (χ0) is 19.7. The third-order valence-corrected chi connectivity index (χ3v) is 5.01. The van der Waals surface area contributed by atoms with Gasteiger partial charge in [0.15, 0.2) is 11.5 Å². The minimum Gasteiger partial charge on any atom is -0.493 e. The van der Waals surface area contributed by atoms with Gasteiger partial charge in [-0.25, -0.2) is 4.52 Å². The fraction of sp³-hybridized carbons (Fsp3) is 0.350. The van der Waals surface area contributed by atoms with Crippen LogP contribution in [0.3, 0.4) is 0 Å². The van der Waals surface area contributed by atoms with Gasteiger partial charge in [-0.2, -0.15) is 5.10 Å². The van der Waals surface area contributed by atoms with Crippen molar-refractivity contribution in [3.8, 4) is 11.5 Å². The van der Waals surface area contributed by atoms with Gasteiger partial charge >= 0.3 is 0 Å². The Kier molecular flexibility index (Phi) is 4.77. The Morgan fingerprint density at radius 3 is 2.71 bits per heavy atom. The number of aromatic nitrogens is 3. The Bertz CT molecular complexity index is 1100. The molecule has 0 unspecified atom stereocenters. The number of carbonyl (C=O) groups is 1. The first-order chi connectivity index (χ1) is 13.6. The second-order valence-electron chi connectivity index (χ2n) is 6.77. The number of carbonyl (C=O) groups excluding carboxylic acids is 1. The molecule has 8 heteroatoms. The molecule has 0 bridgehead atoms. The molecule has 3 aromatic rings. The lowest BCUT2D eigenvalue weighted by Crippen LogP contribution is -2.28. The SMILES string of the molecule is COc1ccc(NC(=O)Cn2ccn3nc4c(c3c2=O)CCCC4)cc1OC. The summed E-state index contributed by atoms with van der Waals surface area (Å²) in [7, 11) is 3.08. The molecule has 0 saturated carbocycles. The molecule has 146 valence electrons. The Hall–Kier alpha value is -3.29. The van der Waals surface area contributed by atoms with E-state index < -0.39 is 0 Å². The van der Waals surface area contributed by atoms with Gasteiger partial charge in [-0.05, 0) is 37.8 Å². The van der Waals surface area contributed by atoms with Crippen molar-refractivity contribution >= 4 is 17.1 Å². The van der Waals surface area contributed by atoms with E-state index in [0.29, 0.717) is 22.7 Å². The number of rotatable bonds is 5. The van der Waals surface area contributed by atoms with Crippen LogP contribution >= 0.6 is 0 Å².